The lowest BCUT2D eigenvalue weighted by atomic mass is 9.98. The summed E-state index contributed by atoms with van der Waals surface area (Å²) in [6, 6.07) is 4.50. The van der Waals surface area contributed by atoms with E-state index in [4.69, 9.17) is 4.74 Å². The third-order valence-electron chi connectivity index (χ3n) is 5.49. The number of imidazole rings is 1. The van der Waals surface area contributed by atoms with Gasteiger partial charge >= 0.3 is 6.09 Å². The fourth-order valence-electron chi connectivity index (χ4n) is 3.95. The molecule has 3 aromatic heterocycles. The SMILES string of the molecule is Cn1cc2cc(-c3cc(F)c4nc(C5CN(C(=O)OC(C)(C)C)C5)cn4c3)cc(F)c2n1. The molecule has 1 aliphatic rings. The van der Waals surface area contributed by atoms with Crippen LogP contribution in [0.4, 0.5) is 13.6 Å². The molecule has 1 saturated heterocycles. The van der Waals surface area contributed by atoms with Crippen LogP contribution in [0, 0.1) is 11.6 Å². The van der Waals surface area contributed by atoms with Crippen molar-refractivity contribution >= 4 is 22.6 Å². The maximum atomic E-state index is 14.9. The van der Waals surface area contributed by atoms with E-state index in [1.165, 1.54) is 12.1 Å². The summed E-state index contributed by atoms with van der Waals surface area (Å²) in [6.07, 6.45) is 4.85. The molecule has 1 aliphatic heterocycles. The maximum Gasteiger partial charge on any atom is 0.410 e. The van der Waals surface area contributed by atoms with Gasteiger partial charge in [0.1, 0.15) is 11.1 Å². The van der Waals surface area contributed by atoms with Crippen LogP contribution in [-0.4, -0.2) is 48.8 Å². The molecule has 7 nitrogen and oxygen atoms in total. The van der Waals surface area contributed by atoms with Gasteiger partial charge in [0.05, 0.1) is 5.69 Å². The van der Waals surface area contributed by atoms with Gasteiger partial charge in [0.2, 0.25) is 0 Å². The van der Waals surface area contributed by atoms with E-state index in [2.05, 4.69) is 10.1 Å². The molecule has 32 heavy (non-hydrogen) atoms. The van der Waals surface area contributed by atoms with Crippen molar-refractivity contribution < 1.29 is 18.3 Å². The van der Waals surface area contributed by atoms with E-state index in [0.29, 0.717) is 35.3 Å². The molecule has 5 rings (SSSR count). The Kier molecular flexibility index (Phi) is 4.47. The van der Waals surface area contributed by atoms with E-state index in [1.54, 1.807) is 45.7 Å². The van der Waals surface area contributed by atoms with E-state index in [9.17, 15) is 13.6 Å². The lowest BCUT2D eigenvalue weighted by molar-refractivity contribution is 0.00791. The van der Waals surface area contributed by atoms with Crippen molar-refractivity contribution in [2.24, 2.45) is 7.05 Å². The smallest absolute Gasteiger partial charge is 0.410 e. The minimum atomic E-state index is -0.552. The molecular weight excluding hydrogens is 416 g/mol. The quantitative estimate of drug-likeness (QED) is 0.461. The van der Waals surface area contributed by atoms with Crippen molar-refractivity contribution in [1.29, 1.82) is 0 Å². The summed E-state index contributed by atoms with van der Waals surface area (Å²) in [5.41, 5.74) is 1.72. The lowest BCUT2D eigenvalue weighted by Crippen LogP contribution is -2.50. The third-order valence-corrected chi connectivity index (χ3v) is 5.49. The molecule has 1 aromatic carbocycles. The Morgan fingerprint density at radius 2 is 1.78 bits per heavy atom. The highest BCUT2D eigenvalue weighted by Gasteiger charge is 2.36. The predicted molar refractivity (Wildman–Crippen MR) is 115 cm³/mol. The second-order valence-corrected chi connectivity index (χ2v) is 9.25. The van der Waals surface area contributed by atoms with Crippen LogP contribution in [0.1, 0.15) is 32.4 Å². The zero-order chi connectivity index (χ0) is 22.8. The monoisotopic (exact) mass is 439 g/mol. The molecule has 9 heteroatoms. The first-order chi connectivity index (χ1) is 15.1. The number of likely N-dealkylation sites (tertiary alicyclic amines) is 1. The average molecular weight is 439 g/mol. The number of rotatable bonds is 2. The summed E-state index contributed by atoms with van der Waals surface area (Å²) in [6.45, 7) is 6.40. The van der Waals surface area contributed by atoms with Gasteiger partial charge < -0.3 is 14.0 Å². The van der Waals surface area contributed by atoms with Crippen molar-refractivity contribution in [3.05, 3.63) is 54.1 Å². The van der Waals surface area contributed by atoms with Gasteiger partial charge in [-0.3, -0.25) is 4.68 Å². The maximum absolute atomic E-state index is 14.9. The molecule has 166 valence electrons. The molecule has 0 aliphatic carbocycles. The van der Waals surface area contributed by atoms with E-state index in [-0.39, 0.29) is 23.2 Å². The van der Waals surface area contributed by atoms with Gasteiger partial charge in [-0.25, -0.2) is 18.6 Å². The number of pyridine rings is 1. The first kappa shape index (κ1) is 20.4. The lowest BCUT2D eigenvalue weighted by Gasteiger charge is -2.38. The summed E-state index contributed by atoms with van der Waals surface area (Å²) in [5, 5.41) is 4.75. The highest BCUT2D eigenvalue weighted by Crippen LogP contribution is 2.31. The number of ether oxygens (including phenoxy) is 1. The van der Waals surface area contributed by atoms with Crippen molar-refractivity contribution in [2.45, 2.75) is 32.3 Å². The zero-order valence-corrected chi connectivity index (χ0v) is 18.3. The normalized spacial score (nSPS) is 14.9. The number of fused-ring (bicyclic) bond motifs is 2. The summed E-state index contributed by atoms with van der Waals surface area (Å²) in [4.78, 5) is 18.2. The van der Waals surface area contributed by atoms with Gasteiger partial charge in [-0.05, 0) is 44.5 Å². The summed E-state index contributed by atoms with van der Waals surface area (Å²) in [5.74, 6) is -0.945. The molecule has 0 atom stereocenters. The molecule has 4 heterocycles. The fourth-order valence-corrected chi connectivity index (χ4v) is 3.95. The number of amides is 1. The molecule has 1 fully saturated rings. The summed E-state index contributed by atoms with van der Waals surface area (Å²) in [7, 11) is 1.72. The highest BCUT2D eigenvalue weighted by molar-refractivity contribution is 5.85. The van der Waals surface area contributed by atoms with Crippen LogP contribution in [-0.2, 0) is 11.8 Å². The van der Waals surface area contributed by atoms with Crippen molar-refractivity contribution in [2.75, 3.05) is 13.1 Å². The van der Waals surface area contributed by atoms with Gasteiger partial charge in [0, 0.05) is 55.6 Å². The Labute approximate surface area is 183 Å². The predicted octanol–water partition coefficient (Wildman–Crippen LogP) is 4.50. The molecule has 0 saturated carbocycles. The van der Waals surface area contributed by atoms with Crippen LogP contribution < -0.4 is 0 Å². The number of aromatic nitrogens is 4. The molecule has 0 unspecified atom stereocenters. The Hall–Kier alpha value is -3.49. The number of carbonyl (C=O) groups is 1. The van der Waals surface area contributed by atoms with Crippen LogP contribution >= 0.6 is 0 Å². The number of carbonyl (C=O) groups excluding carboxylic acids is 1. The largest absolute Gasteiger partial charge is 0.444 e. The van der Waals surface area contributed by atoms with Crippen LogP contribution in [0.5, 0.6) is 0 Å². The van der Waals surface area contributed by atoms with Crippen molar-refractivity contribution in [1.82, 2.24) is 24.1 Å². The van der Waals surface area contributed by atoms with Gasteiger partial charge in [-0.2, -0.15) is 5.10 Å². The number of aryl methyl sites for hydroxylation is 1. The summed E-state index contributed by atoms with van der Waals surface area (Å²) < 4.78 is 37.9. The Morgan fingerprint density at radius 3 is 2.50 bits per heavy atom. The van der Waals surface area contributed by atoms with E-state index in [0.717, 1.165) is 0 Å². The molecule has 0 radical (unpaired) electrons. The topological polar surface area (TPSA) is 64.7 Å². The zero-order valence-electron chi connectivity index (χ0n) is 18.3. The minimum absolute atomic E-state index is 0.00876. The van der Waals surface area contributed by atoms with Gasteiger partial charge in [0.15, 0.2) is 17.3 Å². The Balaban J connectivity index is 1.42. The second-order valence-electron chi connectivity index (χ2n) is 9.25. The molecule has 0 bridgehead atoms. The van der Waals surface area contributed by atoms with Crippen LogP contribution in [0.25, 0.3) is 27.7 Å². The number of benzene rings is 1. The number of nitrogens with zero attached hydrogens (tertiary/aromatic N) is 5. The van der Waals surface area contributed by atoms with Crippen molar-refractivity contribution in [3.8, 4) is 11.1 Å². The third kappa shape index (κ3) is 3.57. The molecule has 1 amide bonds. The molecule has 4 aromatic rings. The van der Waals surface area contributed by atoms with Gasteiger partial charge in [-0.1, -0.05) is 0 Å². The Bertz CT molecular complexity index is 1360. The van der Waals surface area contributed by atoms with E-state index < -0.39 is 17.2 Å². The van der Waals surface area contributed by atoms with Gasteiger partial charge in [0.25, 0.3) is 0 Å². The standard InChI is InChI=1S/C23H23F2N5O2/c1-23(2,3)32-22(31)30-10-16(11-30)19-12-29-9-14(7-18(25)21(29)26-19)13-5-15-8-28(4)27-20(15)17(24)6-13/h5-9,12,16H,10-11H2,1-4H3. The minimum Gasteiger partial charge on any atom is -0.444 e. The molecular formula is C23H23F2N5O2. The molecule has 0 spiro atoms. The van der Waals surface area contributed by atoms with E-state index in [1.807, 2.05) is 20.8 Å². The average Bonchev–Trinajstić information content (AvgIpc) is 3.22. The number of hydrogen-bond acceptors (Lipinski definition) is 4. The van der Waals surface area contributed by atoms with Crippen LogP contribution in [0.15, 0.2) is 36.8 Å². The van der Waals surface area contributed by atoms with E-state index >= 15 is 0 Å². The first-order valence-electron chi connectivity index (χ1n) is 10.4. The highest BCUT2D eigenvalue weighted by atomic mass is 19.1. The fraction of sp³-hybridized carbons (Fsp3) is 0.348. The number of halogens is 2. The molecule has 0 N–H and O–H groups in total. The van der Waals surface area contributed by atoms with Gasteiger partial charge in [-0.15, -0.1) is 0 Å². The summed E-state index contributed by atoms with van der Waals surface area (Å²) >= 11 is 0. The Morgan fingerprint density at radius 1 is 1.06 bits per heavy atom. The van der Waals surface area contributed by atoms with Crippen LogP contribution in [0.2, 0.25) is 0 Å². The van der Waals surface area contributed by atoms with Crippen LogP contribution in [0.3, 0.4) is 0 Å². The first-order valence-corrected chi connectivity index (χ1v) is 10.4. The van der Waals surface area contributed by atoms with Crippen molar-refractivity contribution in [3.63, 3.8) is 0 Å². The number of hydrogen-bond donors (Lipinski definition) is 0. The second kappa shape index (κ2) is 7.01.